The maximum atomic E-state index is 4.54. The smallest absolute Gasteiger partial charge is 0.183 e. The minimum atomic E-state index is 0.431. The van der Waals surface area contributed by atoms with Gasteiger partial charge in [-0.3, -0.25) is 0 Å². The molecular weight excluding hydrogens is 230 g/mol. The Morgan fingerprint density at radius 3 is 2.53 bits per heavy atom. The molecule has 1 aromatic heterocycles. The van der Waals surface area contributed by atoms with Crippen molar-refractivity contribution in [2.24, 2.45) is 5.41 Å². The van der Waals surface area contributed by atoms with Gasteiger partial charge in [-0.1, -0.05) is 6.92 Å². The maximum Gasteiger partial charge on any atom is 0.183 e. The lowest BCUT2D eigenvalue weighted by Crippen LogP contribution is -2.40. The Balaban J connectivity index is 1.89. The molecule has 0 radical (unpaired) electrons. The number of rotatable bonds is 3. The zero-order valence-electron chi connectivity index (χ0n) is 11.3. The minimum Gasteiger partial charge on any atom is -0.361 e. The van der Waals surface area contributed by atoms with Crippen LogP contribution in [0.5, 0.6) is 0 Å². The number of aryl methyl sites for hydroxylation is 2. The van der Waals surface area contributed by atoms with E-state index in [1.807, 2.05) is 0 Å². The highest BCUT2D eigenvalue weighted by molar-refractivity contribution is 7.15. The van der Waals surface area contributed by atoms with Crippen LogP contribution >= 0.6 is 11.3 Å². The molecule has 2 heterocycles. The van der Waals surface area contributed by atoms with Crippen molar-refractivity contribution < 1.29 is 0 Å². The molecule has 1 aliphatic heterocycles. The quantitative estimate of drug-likeness (QED) is 0.898. The second kappa shape index (κ2) is 4.94. The van der Waals surface area contributed by atoms with E-state index in [0.29, 0.717) is 5.41 Å². The largest absolute Gasteiger partial charge is 0.361 e. The van der Waals surface area contributed by atoms with E-state index in [9.17, 15) is 0 Å². The minimum absolute atomic E-state index is 0.431. The standard InChI is InChI=1S/C13H23N3S/c1-10-11(2)17-12(15-10)14-9-13(3)5-7-16(4)8-6-13/h5-9H2,1-4H3,(H,14,15). The van der Waals surface area contributed by atoms with Crippen LogP contribution in [0, 0.1) is 19.3 Å². The first-order chi connectivity index (χ1) is 7.98. The zero-order chi connectivity index (χ0) is 12.5. The van der Waals surface area contributed by atoms with E-state index >= 15 is 0 Å². The molecule has 1 aliphatic rings. The number of likely N-dealkylation sites (tertiary alicyclic amines) is 1. The second-order valence-electron chi connectivity index (χ2n) is 5.63. The van der Waals surface area contributed by atoms with Crippen molar-refractivity contribution in [1.82, 2.24) is 9.88 Å². The van der Waals surface area contributed by atoms with E-state index in [1.54, 1.807) is 11.3 Å². The van der Waals surface area contributed by atoms with Gasteiger partial charge in [0.25, 0.3) is 0 Å². The molecular formula is C13H23N3S. The summed E-state index contributed by atoms with van der Waals surface area (Å²) < 4.78 is 0. The lowest BCUT2D eigenvalue weighted by molar-refractivity contribution is 0.150. The summed E-state index contributed by atoms with van der Waals surface area (Å²) in [6.45, 7) is 10.1. The third-order valence-electron chi connectivity index (χ3n) is 3.89. The van der Waals surface area contributed by atoms with E-state index in [1.165, 1.54) is 30.8 Å². The summed E-state index contributed by atoms with van der Waals surface area (Å²) in [5.74, 6) is 0. The normalized spacial score (nSPS) is 20.5. The Bertz CT molecular complexity index is 359. The maximum absolute atomic E-state index is 4.54. The number of aromatic nitrogens is 1. The lowest BCUT2D eigenvalue weighted by atomic mass is 9.80. The van der Waals surface area contributed by atoms with Crippen molar-refractivity contribution in [3.05, 3.63) is 10.6 Å². The number of thiazole rings is 1. The summed E-state index contributed by atoms with van der Waals surface area (Å²) in [4.78, 5) is 8.27. The van der Waals surface area contributed by atoms with Gasteiger partial charge in [-0.25, -0.2) is 4.98 Å². The topological polar surface area (TPSA) is 28.2 Å². The third kappa shape index (κ3) is 3.19. The van der Waals surface area contributed by atoms with E-state index in [0.717, 1.165) is 17.4 Å². The van der Waals surface area contributed by atoms with Crippen molar-refractivity contribution in [3.63, 3.8) is 0 Å². The number of hydrogen-bond acceptors (Lipinski definition) is 4. The van der Waals surface area contributed by atoms with Crippen LogP contribution in [0.25, 0.3) is 0 Å². The molecule has 0 amide bonds. The molecule has 1 fully saturated rings. The van der Waals surface area contributed by atoms with Crippen LogP contribution in [-0.4, -0.2) is 36.6 Å². The van der Waals surface area contributed by atoms with E-state index < -0.39 is 0 Å². The Kier molecular flexibility index (Phi) is 3.73. The van der Waals surface area contributed by atoms with Gasteiger partial charge >= 0.3 is 0 Å². The molecule has 0 aliphatic carbocycles. The summed E-state index contributed by atoms with van der Waals surface area (Å²) in [5.41, 5.74) is 1.59. The monoisotopic (exact) mass is 253 g/mol. The summed E-state index contributed by atoms with van der Waals surface area (Å²) >= 11 is 1.77. The van der Waals surface area contributed by atoms with Crippen LogP contribution in [-0.2, 0) is 0 Å². The third-order valence-corrected chi connectivity index (χ3v) is 4.92. The van der Waals surface area contributed by atoms with Crippen LogP contribution < -0.4 is 5.32 Å². The Morgan fingerprint density at radius 2 is 2.00 bits per heavy atom. The van der Waals surface area contributed by atoms with Gasteiger partial charge in [-0.05, 0) is 52.2 Å². The fourth-order valence-corrected chi connectivity index (χ4v) is 2.98. The molecule has 0 saturated carbocycles. The molecule has 1 N–H and O–H groups in total. The zero-order valence-corrected chi connectivity index (χ0v) is 12.2. The first-order valence-electron chi connectivity index (χ1n) is 6.35. The predicted molar refractivity (Wildman–Crippen MR) is 74.9 cm³/mol. The van der Waals surface area contributed by atoms with Gasteiger partial charge in [0.1, 0.15) is 0 Å². The molecule has 3 nitrogen and oxygen atoms in total. The average Bonchev–Trinajstić information content (AvgIpc) is 2.61. The second-order valence-corrected chi connectivity index (χ2v) is 6.83. The van der Waals surface area contributed by atoms with Crippen molar-refractivity contribution in [1.29, 1.82) is 0 Å². The first kappa shape index (κ1) is 12.8. The predicted octanol–water partition coefficient (Wildman–Crippen LogP) is 2.90. The summed E-state index contributed by atoms with van der Waals surface area (Å²) in [6, 6.07) is 0. The van der Waals surface area contributed by atoms with Crippen molar-refractivity contribution in [3.8, 4) is 0 Å². The molecule has 0 bridgehead atoms. The number of piperidine rings is 1. The van der Waals surface area contributed by atoms with Crippen LogP contribution in [0.15, 0.2) is 0 Å². The molecule has 0 atom stereocenters. The van der Waals surface area contributed by atoms with Crippen molar-refractivity contribution in [2.75, 3.05) is 32.0 Å². The molecule has 2 rings (SSSR count). The Morgan fingerprint density at radius 1 is 1.35 bits per heavy atom. The van der Waals surface area contributed by atoms with E-state index in [-0.39, 0.29) is 0 Å². The summed E-state index contributed by atoms with van der Waals surface area (Å²) in [5, 5.41) is 4.60. The van der Waals surface area contributed by atoms with Crippen LogP contribution in [0.2, 0.25) is 0 Å². The fraction of sp³-hybridized carbons (Fsp3) is 0.769. The average molecular weight is 253 g/mol. The Labute approximate surface area is 108 Å². The van der Waals surface area contributed by atoms with Gasteiger partial charge in [-0.2, -0.15) is 0 Å². The number of anilines is 1. The number of nitrogens with zero attached hydrogens (tertiary/aromatic N) is 2. The molecule has 0 unspecified atom stereocenters. The lowest BCUT2D eigenvalue weighted by Gasteiger charge is -2.37. The molecule has 1 aromatic rings. The molecule has 17 heavy (non-hydrogen) atoms. The fourth-order valence-electron chi connectivity index (χ4n) is 2.17. The van der Waals surface area contributed by atoms with Gasteiger partial charge in [0.05, 0.1) is 5.69 Å². The number of hydrogen-bond donors (Lipinski definition) is 1. The van der Waals surface area contributed by atoms with Gasteiger partial charge < -0.3 is 10.2 Å². The van der Waals surface area contributed by atoms with Crippen molar-refractivity contribution in [2.45, 2.75) is 33.6 Å². The molecule has 96 valence electrons. The van der Waals surface area contributed by atoms with Crippen LogP contribution in [0.1, 0.15) is 30.3 Å². The summed E-state index contributed by atoms with van der Waals surface area (Å²) in [7, 11) is 2.21. The van der Waals surface area contributed by atoms with Gasteiger partial charge in [0, 0.05) is 11.4 Å². The van der Waals surface area contributed by atoms with Crippen LogP contribution in [0.3, 0.4) is 0 Å². The van der Waals surface area contributed by atoms with Crippen LogP contribution in [0.4, 0.5) is 5.13 Å². The molecule has 0 aromatic carbocycles. The summed E-state index contributed by atoms with van der Waals surface area (Å²) in [6.07, 6.45) is 2.56. The van der Waals surface area contributed by atoms with Gasteiger partial charge in [0.15, 0.2) is 5.13 Å². The van der Waals surface area contributed by atoms with E-state index in [4.69, 9.17) is 0 Å². The first-order valence-corrected chi connectivity index (χ1v) is 7.17. The highest BCUT2D eigenvalue weighted by atomic mass is 32.1. The highest BCUT2D eigenvalue weighted by Crippen LogP contribution is 2.31. The molecule has 4 heteroatoms. The van der Waals surface area contributed by atoms with Gasteiger partial charge in [0.2, 0.25) is 0 Å². The Hall–Kier alpha value is -0.610. The molecule has 1 saturated heterocycles. The van der Waals surface area contributed by atoms with Crippen molar-refractivity contribution >= 4 is 16.5 Å². The van der Waals surface area contributed by atoms with Gasteiger partial charge in [-0.15, -0.1) is 11.3 Å². The molecule has 0 spiro atoms. The SMILES string of the molecule is Cc1nc(NCC2(C)CCN(C)CC2)sc1C. The van der Waals surface area contributed by atoms with E-state index in [2.05, 4.69) is 43.0 Å². The highest BCUT2D eigenvalue weighted by Gasteiger charge is 2.28. The number of nitrogens with one attached hydrogen (secondary N) is 1.